The minimum absolute atomic E-state index is 0.499. The Balaban J connectivity index is 2.49. The normalized spacial score (nSPS) is 9.94. The average Bonchev–Trinajstić information content (AvgIpc) is 2.43. The number of nitrogens with zero attached hydrogens (tertiary/aromatic N) is 1. The van der Waals surface area contributed by atoms with Gasteiger partial charge in [0.2, 0.25) is 0 Å². The summed E-state index contributed by atoms with van der Waals surface area (Å²) < 4.78 is 4.39. The second kappa shape index (κ2) is 6.79. The molecule has 0 fully saturated rings. The predicted molar refractivity (Wildman–Crippen MR) is 69.2 cm³/mol. The third kappa shape index (κ3) is 3.87. The molecule has 0 aliphatic rings. The van der Waals surface area contributed by atoms with Crippen molar-refractivity contribution in [2.24, 2.45) is 0 Å². The zero-order chi connectivity index (χ0) is 13.5. The minimum atomic E-state index is -0.821. The summed E-state index contributed by atoms with van der Waals surface area (Å²) in [6.07, 6.45) is 1.74. The van der Waals surface area contributed by atoms with E-state index in [1.807, 2.05) is 0 Å². The topological polar surface area (TPSA) is 46.6 Å². The maximum Gasteiger partial charge on any atom is 0.396 e. The molecule has 0 heterocycles. The molecule has 0 aliphatic heterocycles. The molecule has 0 atom stereocenters. The molecule has 0 saturated heterocycles. The number of esters is 1. The Morgan fingerprint density at radius 1 is 1.17 bits per heavy atom. The molecule has 0 N–H and O–H groups in total. The SMILES string of the molecule is CCc1ccc(CCN(C)C(=O)C(=O)OC)cc1. The monoisotopic (exact) mass is 249 g/mol. The lowest BCUT2D eigenvalue weighted by Gasteiger charge is -2.15. The van der Waals surface area contributed by atoms with Crippen LogP contribution >= 0.6 is 0 Å². The first-order valence-electron chi connectivity index (χ1n) is 5.99. The Kier molecular flexibility index (Phi) is 5.36. The fourth-order valence-electron chi connectivity index (χ4n) is 1.58. The van der Waals surface area contributed by atoms with E-state index in [0.717, 1.165) is 18.4 Å². The highest BCUT2D eigenvalue weighted by atomic mass is 16.5. The molecule has 0 bridgehead atoms. The minimum Gasteiger partial charge on any atom is -0.462 e. The number of hydrogen-bond acceptors (Lipinski definition) is 3. The number of rotatable bonds is 4. The van der Waals surface area contributed by atoms with Crippen LogP contribution in [0.5, 0.6) is 0 Å². The summed E-state index contributed by atoms with van der Waals surface area (Å²) in [5.74, 6) is -1.43. The number of methoxy groups -OCH3 is 1. The molecule has 1 rings (SSSR count). The van der Waals surface area contributed by atoms with Crippen molar-refractivity contribution in [3.8, 4) is 0 Å². The van der Waals surface area contributed by atoms with Gasteiger partial charge in [-0.15, -0.1) is 0 Å². The molecule has 0 unspecified atom stereocenters. The van der Waals surface area contributed by atoms with Crippen molar-refractivity contribution in [2.75, 3.05) is 20.7 Å². The lowest BCUT2D eigenvalue weighted by molar-refractivity contribution is -0.157. The van der Waals surface area contributed by atoms with Gasteiger partial charge >= 0.3 is 11.9 Å². The standard InChI is InChI=1S/C14H19NO3/c1-4-11-5-7-12(8-6-11)9-10-15(2)13(16)14(17)18-3/h5-8H,4,9-10H2,1-3H3. The van der Waals surface area contributed by atoms with Crippen LogP contribution in [0.3, 0.4) is 0 Å². The summed E-state index contributed by atoms with van der Waals surface area (Å²) in [4.78, 5) is 23.9. The molecule has 0 aliphatic carbocycles. The summed E-state index contributed by atoms with van der Waals surface area (Å²) in [7, 11) is 2.80. The van der Waals surface area contributed by atoms with Crippen LogP contribution in [-0.4, -0.2) is 37.5 Å². The number of carbonyl (C=O) groups is 2. The summed E-state index contributed by atoms with van der Waals surface area (Å²) in [6, 6.07) is 8.26. The van der Waals surface area contributed by atoms with Gasteiger partial charge in [0.1, 0.15) is 0 Å². The van der Waals surface area contributed by atoms with Crippen LogP contribution in [0.25, 0.3) is 0 Å². The van der Waals surface area contributed by atoms with Gasteiger partial charge in [0.05, 0.1) is 7.11 Å². The van der Waals surface area contributed by atoms with Crippen LogP contribution in [-0.2, 0) is 27.2 Å². The molecule has 98 valence electrons. The zero-order valence-electron chi connectivity index (χ0n) is 11.1. The maximum atomic E-state index is 11.4. The van der Waals surface area contributed by atoms with Crippen molar-refractivity contribution in [1.29, 1.82) is 0 Å². The largest absolute Gasteiger partial charge is 0.462 e. The van der Waals surface area contributed by atoms with Crippen LogP contribution in [0.2, 0.25) is 0 Å². The Hall–Kier alpha value is -1.84. The van der Waals surface area contributed by atoms with Crippen molar-refractivity contribution in [3.63, 3.8) is 0 Å². The number of carbonyl (C=O) groups excluding carboxylic acids is 2. The van der Waals surface area contributed by atoms with Crippen LogP contribution in [0.4, 0.5) is 0 Å². The third-order valence-electron chi connectivity index (χ3n) is 2.87. The second-order valence-electron chi connectivity index (χ2n) is 4.14. The highest BCUT2D eigenvalue weighted by molar-refractivity contribution is 6.32. The molecule has 0 radical (unpaired) electrons. The van der Waals surface area contributed by atoms with Crippen molar-refractivity contribution in [1.82, 2.24) is 4.90 Å². The van der Waals surface area contributed by atoms with Gasteiger partial charge in [0, 0.05) is 13.6 Å². The van der Waals surface area contributed by atoms with Crippen molar-refractivity contribution >= 4 is 11.9 Å². The number of aryl methyl sites for hydroxylation is 1. The number of ether oxygens (including phenoxy) is 1. The van der Waals surface area contributed by atoms with Crippen LogP contribution in [0.1, 0.15) is 18.1 Å². The molecule has 1 aromatic carbocycles. The Bertz CT molecular complexity index is 412. The van der Waals surface area contributed by atoms with E-state index in [1.165, 1.54) is 17.6 Å². The fourth-order valence-corrected chi connectivity index (χ4v) is 1.58. The van der Waals surface area contributed by atoms with E-state index in [2.05, 4.69) is 35.9 Å². The van der Waals surface area contributed by atoms with E-state index in [4.69, 9.17) is 0 Å². The number of amides is 1. The highest BCUT2D eigenvalue weighted by Crippen LogP contribution is 2.06. The van der Waals surface area contributed by atoms with E-state index in [-0.39, 0.29) is 0 Å². The second-order valence-corrected chi connectivity index (χ2v) is 4.14. The summed E-state index contributed by atoms with van der Waals surface area (Å²) >= 11 is 0. The van der Waals surface area contributed by atoms with Gasteiger partial charge in [-0.1, -0.05) is 31.2 Å². The van der Waals surface area contributed by atoms with E-state index < -0.39 is 11.9 Å². The Morgan fingerprint density at radius 3 is 2.22 bits per heavy atom. The molecule has 1 aromatic rings. The van der Waals surface area contributed by atoms with Gasteiger partial charge < -0.3 is 9.64 Å². The van der Waals surface area contributed by atoms with Gasteiger partial charge in [-0.3, -0.25) is 4.79 Å². The van der Waals surface area contributed by atoms with E-state index in [9.17, 15) is 9.59 Å². The first-order valence-corrected chi connectivity index (χ1v) is 5.99. The Labute approximate surface area is 108 Å². The Morgan fingerprint density at radius 2 is 1.72 bits per heavy atom. The van der Waals surface area contributed by atoms with Crippen LogP contribution in [0.15, 0.2) is 24.3 Å². The van der Waals surface area contributed by atoms with E-state index >= 15 is 0 Å². The number of benzene rings is 1. The van der Waals surface area contributed by atoms with Crippen LogP contribution in [0, 0.1) is 0 Å². The molecule has 4 heteroatoms. The summed E-state index contributed by atoms with van der Waals surface area (Å²) in [6.45, 7) is 2.61. The predicted octanol–water partition coefficient (Wildman–Crippen LogP) is 1.42. The fraction of sp³-hybridized carbons (Fsp3) is 0.429. The molecule has 1 amide bonds. The highest BCUT2D eigenvalue weighted by Gasteiger charge is 2.18. The number of likely N-dealkylation sites (N-methyl/N-ethyl adjacent to an activating group) is 1. The molecular weight excluding hydrogens is 230 g/mol. The average molecular weight is 249 g/mol. The maximum absolute atomic E-state index is 11.4. The van der Waals surface area contributed by atoms with Crippen molar-refractivity contribution in [2.45, 2.75) is 19.8 Å². The molecule has 0 aromatic heterocycles. The van der Waals surface area contributed by atoms with Gasteiger partial charge in [-0.05, 0) is 24.0 Å². The molecule has 0 spiro atoms. The quantitative estimate of drug-likeness (QED) is 0.599. The number of hydrogen-bond donors (Lipinski definition) is 0. The third-order valence-corrected chi connectivity index (χ3v) is 2.87. The van der Waals surface area contributed by atoms with E-state index in [0.29, 0.717) is 6.54 Å². The van der Waals surface area contributed by atoms with Crippen molar-refractivity contribution < 1.29 is 14.3 Å². The van der Waals surface area contributed by atoms with Gasteiger partial charge in [-0.25, -0.2) is 4.79 Å². The molecule has 4 nitrogen and oxygen atoms in total. The lowest BCUT2D eigenvalue weighted by Crippen LogP contribution is -2.35. The smallest absolute Gasteiger partial charge is 0.396 e. The first kappa shape index (κ1) is 14.2. The lowest BCUT2D eigenvalue weighted by atomic mass is 10.1. The zero-order valence-corrected chi connectivity index (χ0v) is 11.1. The van der Waals surface area contributed by atoms with E-state index in [1.54, 1.807) is 7.05 Å². The summed E-state index contributed by atoms with van der Waals surface area (Å²) in [5.41, 5.74) is 2.44. The van der Waals surface area contributed by atoms with Gasteiger partial charge in [-0.2, -0.15) is 0 Å². The molecule has 18 heavy (non-hydrogen) atoms. The van der Waals surface area contributed by atoms with Crippen molar-refractivity contribution in [3.05, 3.63) is 35.4 Å². The van der Waals surface area contributed by atoms with Gasteiger partial charge in [0.25, 0.3) is 0 Å². The molecular formula is C14H19NO3. The van der Waals surface area contributed by atoms with Gasteiger partial charge in [0.15, 0.2) is 0 Å². The summed E-state index contributed by atoms with van der Waals surface area (Å²) in [5, 5.41) is 0. The molecule has 0 saturated carbocycles. The first-order chi connectivity index (χ1) is 8.58. The van der Waals surface area contributed by atoms with Crippen LogP contribution < -0.4 is 0 Å².